The maximum Gasteiger partial charge on any atom is 0.491 e. The summed E-state index contributed by atoms with van der Waals surface area (Å²) in [6, 6.07) is -1.17. The van der Waals surface area contributed by atoms with Gasteiger partial charge in [0.25, 0.3) is 0 Å². The van der Waals surface area contributed by atoms with Crippen LogP contribution in [0.5, 0.6) is 0 Å². The second-order valence-corrected chi connectivity index (χ2v) is 3.66. The number of nitrogens with two attached hydrogens (primary N) is 1. The summed E-state index contributed by atoms with van der Waals surface area (Å²) in [5.41, 5.74) is 5.09. The summed E-state index contributed by atoms with van der Waals surface area (Å²) in [7, 11) is 0. The third kappa shape index (κ3) is 3.19. The first-order chi connectivity index (χ1) is 8.27. The number of hydrogen-bond donors (Lipinski definition) is 1. The van der Waals surface area contributed by atoms with E-state index in [9.17, 15) is 27.6 Å². The largest absolute Gasteiger partial charge is 0.491 e. The Morgan fingerprint density at radius 1 is 1.33 bits per heavy atom. The van der Waals surface area contributed by atoms with E-state index in [1.807, 2.05) is 0 Å². The number of amides is 1. The zero-order valence-corrected chi connectivity index (χ0v) is 9.20. The van der Waals surface area contributed by atoms with Crippen LogP contribution in [0.1, 0.15) is 12.8 Å². The molecule has 0 spiro atoms. The number of esters is 2. The van der Waals surface area contributed by atoms with Crippen LogP contribution in [0, 0.1) is 0 Å². The topological polar surface area (TPSA) is 89.7 Å². The summed E-state index contributed by atoms with van der Waals surface area (Å²) >= 11 is 0. The number of rotatable bonds is 2. The van der Waals surface area contributed by atoms with Gasteiger partial charge < -0.3 is 15.4 Å². The van der Waals surface area contributed by atoms with Crippen molar-refractivity contribution in [2.24, 2.45) is 5.73 Å². The number of carbonyl (C=O) groups is 3. The molecule has 1 amide bonds. The minimum Gasteiger partial charge on any atom is -0.385 e. The van der Waals surface area contributed by atoms with E-state index in [-0.39, 0.29) is 19.5 Å². The fourth-order valence-corrected chi connectivity index (χ4v) is 1.64. The van der Waals surface area contributed by atoms with Gasteiger partial charge in [0.2, 0.25) is 5.91 Å². The van der Waals surface area contributed by atoms with E-state index in [0.717, 1.165) is 4.90 Å². The Morgan fingerprint density at radius 2 is 1.94 bits per heavy atom. The molecule has 0 aromatic rings. The molecule has 1 atom stereocenters. The molecule has 1 rings (SSSR count). The summed E-state index contributed by atoms with van der Waals surface area (Å²) in [6.07, 6.45) is -4.65. The van der Waals surface area contributed by atoms with Crippen molar-refractivity contribution in [3.05, 3.63) is 0 Å². The lowest BCUT2D eigenvalue weighted by Gasteiger charge is -2.22. The molecule has 1 aliphatic rings. The molecule has 6 nitrogen and oxygen atoms in total. The van der Waals surface area contributed by atoms with Crippen molar-refractivity contribution in [3.63, 3.8) is 0 Å². The molecule has 1 heterocycles. The minimum atomic E-state index is -5.24. The summed E-state index contributed by atoms with van der Waals surface area (Å²) < 4.78 is 39.4. The van der Waals surface area contributed by atoms with Crippen molar-refractivity contribution in [1.82, 2.24) is 4.90 Å². The second kappa shape index (κ2) is 5.34. The summed E-state index contributed by atoms with van der Waals surface area (Å²) in [5, 5.41) is 0. The van der Waals surface area contributed by atoms with Gasteiger partial charge in [0.1, 0.15) is 6.04 Å². The third-order valence-corrected chi connectivity index (χ3v) is 2.44. The first-order valence-corrected chi connectivity index (χ1v) is 5.09. The van der Waals surface area contributed by atoms with Crippen molar-refractivity contribution in [3.8, 4) is 0 Å². The molecule has 0 aromatic carbocycles. The Hall–Kier alpha value is -1.64. The van der Waals surface area contributed by atoms with Crippen LogP contribution in [0.3, 0.4) is 0 Å². The molecule has 0 aliphatic carbocycles. The molecule has 18 heavy (non-hydrogen) atoms. The average Bonchev–Trinajstić information content (AvgIpc) is 2.75. The van der Waals surface area contributed by atoms with Crippen LogP contribution >= 0.6 is 0 Å². The van der Waals surface area contributed by atoms with Crippen LogP contribution in [0.4, 0.5) is 13.2 Å². The molecular formula is C9H11F3N2O4. The summed E-state index contributed by atoms with van der Waals surface area (Å²) in [6.45, 7) is -0.160. The highest BCUT2D eigenvalue weighted by atomic mass is 19.4. The van der Waals surface area contributed by atoms with Crippen LogP contribution in [-0.2, 0) is 19.1 Å². The lowest BCUT2D eigenvalue weighted by molar-refractivity contribution is -0.203. The molecule has 2 N–H and O–H groups in total. The van der Waals surface area contributed by atoms with Gasteiger partial charge in [-0.25, -0.2) is 9.59 Å². The van der Waals surface area contributed by atoms with Gasteiger partial charge in [0, 0.05) is 6.54 Å². The van der Waals surface area contributed by atoms with Crippen LogP contribution in [-0.4, -0.2) is 48.1 Å². The van der Waals surface area contributed by atoms with Crippen molar-refractivity contribution in [2.75, 3.05) is 13.1 Å². The fourth-order valence-electron chi connectivity index (χ4n) is 1.64. The number of likely N-dealkylation sites (tertiary alicyclic amines) is 1. The van der Waals surface area contributed by atoms with E-state index in [0.29, 0.717) is 6.42 Å². The standard InChI is InChI=1S/C9H11F3N2O4/c10-9(11,12)8(17)18-7(16)5-2-1-3-14(5)6(15)4-13/h5H,1-4,13H2/t5-/m0/s1. The predicted molar refractivity (Wildman–Crippen MR) is 50.9 cm³/mol. The van der Waals surface area contributed by atoms with Crippen LogP contribution < -0.4 is 5.73 Å². The summed E-state index contributed by atoms with van der Waals surface area (Å²) in [4.78, 5) is 34.2. The number of ether oxygens (including phenoxy) is 1. The SMILES string of the molecule is NCC(=O)N1CCC[C@H]1C(=O)OC(=O)C(F)(F)F. The van der Waals surface area contributed by atoms with Gasteiger partial charge in [-0.05, 0) is 12.8 Å². The zero-order chi connectivity index (χ0) is 13.9. The first-order valence-electron chi connectivity index (χ1n) is 5.09. The molecule has 0 radical (unpaired) electrons. The van der Waals surface area contributed by atoms with E-state index in [2.05, 4.69) is 4.74 Å². The minimum absolute atomic E-state index is 0.149. The van der Waals surface area contributed by atoms with Crippen LogP contribution in [0.2, 0.25) is 0 Å². The van der Waals surface area contributed by atoms with Crippen molar-refractivity contribution in [1.29, 1.82) is 0 Å². The zero-order valence-electron chi connectivity index (χ0n) is 9.20. The molecule has 0 unspecified atom stereocenters. The molecule has 0 aromatic heterocycles. The maximum absolute atomic E-state index is 11.9. The van der Waals surface area contributed by atoms with Gasteiger partial charge in [-0.1, -0.05) is 0 Å². The van der Waals surface area contributed by atoms with Gasteiger partial charge in [0.05, 0.1) is 6.54 Å². The van der Waals surface area contributed by atoms with Crippen LogP contribution in [0.25, 0.3) is 0 Å². The second-order valence-electron chi connectivity index (χ2n) is 3.66. The van der Waals surface area contributed by atoms with Gasteiger partial charge in [-0.15, -0.1) is 0 Å². The van der Waals surface area contributed by atoms with Gasteiger partial charge in [-0.2, -0.15) is 13.2 Å². The molecule has 102 valence electrons. The predicted octanol–water partition coefficient (Wildman–Crippen LogP) is -0.432. The Balaban J connectivity index is 2.67. The molecule has 0 bridgehead atoms. The Labute approximate surface area is 99.8 Å². The highest BCUT2D eigenvalue weighted by Crippen LogP contribution is 2.21. The molecule has 1 saturated heterocycles. The van der Waals surface area contributed by atoms with E-state index >= 15 is 0 Å². The third-order valence-electron chi connectivity index (χ3n) is 2.44. The number of halogens is 3. The van der Waals surface area contributed by atoms with E-state index < -0.39 is 30.1 Å². The van der Waals surface area contributed by atoms with Crippen molar-refractivity contribution < 1.29 is 32.3 Å². The Morgan fingerprint density at radius 3 is 2.44 bits per heavy atom. The van der Waals surface area contributed by atoms with E-state index in [1.54, 1.807) is 0 Å². The molecule has 1 aliphatic heterocycles. The van der Waals surface area contributed by atoms with Gasteiger partial charge >= 0.3 is 18.1 Å². The lowest BCUT2D eigenvalue weighted by atomic mass is 10.2. The van der Waals surface area contributed by atoms with Gasteiger partial charge in [0.15, 0.2) is 0 Å². The Kier molecular flexibility index (Phi) is 4.28. The molecule has 1 fully saturated rings. The normalized spacial score (nSPS) is 19.8. The smallest absolute Gasteiger partial charge is 0.385 e. The highest BCUT2D eigenvalue weighted by molar-refractivity contribution is 5.93. The van der Waals surface area contributed by atoms with E-state index in [4.69, 9.17) is 5.73 Å². The van der Waals surface area contributed by atoms with Crippen molar-refractivity contribution >= 4 is 17.8 Å². The monoisotopic (exact) mass is 268 g/mol. The first kappa shape index (κ1) is 14.4. The summed E-state index contributed by atoms with van der Waals surface area (Å²) in [5.74, 6) is -4.54. The Bertz CT molecular complexity index is 369. The fraction of sp³-hybridized carbons (Fsp3) is 0.667. The van der Waals surface area contributed by atoms with E-state index in [1.165, 1.54) is 0 Å². The molecule has 0 saturated carbocycles. The average molecular weight is 268 g/mol. The number of alkyl halides is 3. The number of nitrogens with zero attached hydrogens (tertiary/aromatic N) is 1. The van der Waals surface area contributed by atoms with Crippen molar-refractivity contribution in [2.45, 2.75) is 25.1 Å². The highest BCUT2D eigenvalue weighted by Gasteiger charge is 2.45. The quantitative estimate of drug-likeness (QED) is 0.542. The molecular weight excluding hydrogens is 257 g/mol. The lowest BCUT2D eigenvalue weighted by Crippen LogP contribution is -2.45. The maximum atomic E-state index is 11.9. The number of hydrogen-bond acceptors (Lipinski definition) is 5. The molecule has 9 heteroatoms. The van der Waals surface area contributed by atoms with Gasteiger partial charge in [-0.3, -0.25) is 4.79 Å². The van der Waals surface area contributed by atoms with Crippen LogP contribution in [0.15, 0.2) is 0 Å². The number of carbonyl (C=O) groups excluding carboxylic acids is 3.